The third-order valence-electron chi connectivity index (χ3n) is 6.24. The SMILES string of the molecule is Cc1ccc(CNC(=O)N2CCN(Cc3nc4cc(C(=O)NC(C)C)ccc4n3C)CC2)cc1. The van der Waals surface area contributed by atoms with E-state index in [9.17, 15) is 9.59 Å². The quantitative estimate of drug-likeness (QED) is 0.590. The number of piperazine rings is 1. The summed E-state index contributed by atoms with van der Waals surface area (Å²) in [4.78, 5) is 33.9. The molecular weight excluding hydrogens is 428 g/mol. The van der Waals surface area contributed by atoms with Gasteiger partial charge in [-0.05, 0) is 44.5 Å². The topological polar surface area (TPSA) is 82.5 Å². The number of rotatable bonds is 6. The maximum atomic E-state index is 12.6. The van der Waals surface area contributed by atoms with Crippen molar-refractivity contribution in [1.82, 2.24) is 30.0 Å². The summed E-state index contributed by atoms with van der Waals surface area (Å²) in [5, 5.41) is 5.95. The summed E-state index contributed by atoms with van der Waals surface area (Å²) in [6.07, 6.45) is 0. The average molecular weight is 463 g/mol. The minimum atomic E-state index is -0.0825. The number of amides is 3. The van der Waals surface area contributed by atoms with Gasteiger partial charge < -0.3 is 20.1 Å². The van der Waals surface area contributed by atoms with Gasteiger partial charge in [-0.1, -0.05) is 29.8 Å². The number of aromatic nitrogens is 2. The van der Waals surface area contributed by atoms with Gasteiger partial charge in [0.1, 0.15) is 5.82 Å². The summed E-state index contributed by atoms with van der Waals surface area (Å²) in [6, 6.07) is 13.9. The molecule has 1 fully saturated rings. The van der Waals surface area contributed by atoms with Crippen LogP contribution in [0.2, 0.25) is 0 Å². The van der Waals surface area contributed by atoms with Gasteiger partial charge in [0.2, 0.25) is 0 Å². The number of imidazole rings is 1. The fourth-order valence-corrected chi connectivity index (χ4v) is 4.18. The maximum absolute atomic E-state index is 12.6. The Balaban J connectivity index is 1.32. The third kappa shape index (κ3) is 5.56. The van der Waals surface area contributed by atoms with E-state index in [0.717, 1.165) is 35.5 Å². The zero-order valence-electron chi connectivity index (χ0n) is 20.5. The van der Waals surface area contributed by atoms with Crippen molar-refractivity contribution in [2.75, 3.05) is 26.2 Å². The molecule has 1 aromatic heterocycles. The molecule has 180 valence electrons. The number of nitrogens with one attached hydrogen (secondary N) is 2. The van der Waals surface area contributed by atoms with Crippen LogP contribution in [0.3, 0.4) is 0 Å². The number of urea groups is 1. The molecule has 0 spiro atoms. The molecule has 1 saturated heterocycles. The maximum Gasteiger partial charge on any atom is 0.317 e. The molecule has 3 amide bonds. The highest BCUT2D eigenvalue weighted by atomic mass is 16.2. The van der Waals surface area contributed by atoms with E-state index in [2.05, 4.69) is 39.2 Å². The molecule has 0 atom stereocenters. The molecule has 0 saturated carbocycles. The van der Waals surface area contributed by atoms with Crippen LogP contribution in [0.25, 0.3) is 11.0 Å². The zero-order valence-corrected chi connectivity index (χ0v) is 20.5. The molecule has 2 heterocycles. The molecule has 34 heavy (non-hydrogen) atoms. The van der Waals surface area contributed by atoms with Gasteiger partial charge in [-0.3, -0.25) is 9.69 Å². The van der Waals surface area contributed by atoms with Crippen LogP contribution < -0.4 is 10.6 Å². The Hall–Kier alpha value is -3.39. The third-order valence-corrected chi connectivity index (χ3v) is 6.24. The molecule has 0 aliphatic carbocycles. The largest absolute Gasteiger partial charge is 0.350 e. The highest BCUT2D eigenvalue weighted by Crippen LogP contribution is 2.19. The summed E-state index contributed by atoms with van der Waals surface area (Å²) in [5.41, 5.74) is 4.76. The van der Waals surface area contributed by atoms with Crippen molar-refractivity contribution in [2.45, 2.75) is 39.9 Å². The van der Waals surface area contributed by atoms with E-state index in [1.165, 1.54) is 5.56 Å². The lowest BCUT2D eigenvalue weighted by atomic mass is 10.1. The highest BCUT2D eigenvalue weighted by Gasteiger charge is 2.22. The number of aryl methyl sites for hydroxylation is 2. The Labute approximate surface area is 200 Å². The van der Waals surface area contributed by atoms with Crippen molar-refractivity contribution < 1.29 is 9.59 Å². The molecule has 2 aromatic carbocycles. The van der Waals surface area contributed by atoms with Gasteiger partial charge in [0.15, 0.2) is 0 Å². The lowest BCUT2D eigenvalue weighted by molar-refractivity contribution is 0.0943. The predicted molar refractivity (Wildman–Crippen MR) is 134 cm³/mol. The molecule has 4 rings (SSSR count). The van der Waals surface area contributed by atoms with Crippen LogP contribution in [0.5, 0.6) is 0 Å². The van der Waals surface area contributed by atoms with Crippen molar-refractivity contribution in [3.05, 3.63) is 65.0 Å². The monoisotopic (exact) mass is 462 g/mol. The van der Waals surface area contributed by atoms with Gasteiger partial charge in [-0.2, -0.15) is 0 Å². The predicted octanol–water partition coefficient (Wildman–Crippen LogP) is 3.05. The van der Waals surface area contributed by atoms with Crippen molar-refractivity contribution in [3.63, 3.8) is 0 Å². The molecule has 0 radical (unpaired) electrons. The normalized spacial score (nSPS) is 14.6. The number of carbonyl (C=O) groups is 2. The second-order valence-corrected chi connectivity index (χ2v) is 9.33. The van der Waals surface area contributed by atoms with E-state index in [1.54, 1.807) is 0 Å². The second-order valence-electron chi connectivity index (χ2n) is 9.33. The van der Waals surface area contributed by atoms with Crippen molar-refractivity contribution >= 4 is 23.0 Å². The van der Waals surface area contributed by atoms with Crippen molar-refractivity contribution in [3.8, 4) is 0 Å². The van der Waals surface area contributed by atoms with E-state index < -0.39 is 0 Å². The minimum absolute atomic E-state index is 0.0184. The second kappa shape index (κ2) is 10.3. The molecule has 3 aromatic rings. The van der Waals surface area contributed by atoms with E-state index in [1.807, 2.05) is 56.1 Å². The molecule has 0 unspecified atom stereocenters. The van der Waals surface area contributed by atoms with Crippen LogP contribution in [0.15, 0.2) is 42.5 Å². The van der Waals surface area contributed by atoms with Crippen LogP contribution in [0.4, 0.5) is 4.79 Å². The summed E-state index contributed by atoms with van der Waals surface area (Å²) in [5.74, 6) is 0.870. The van der Waals surface area contributed by atoms with E-state index >= 15 is 0 Å². The summed E-state index contributed by atoms with van der Waals surface area (Å²) < 4.78 is 2.08. The van der Waals surface area contributed by atoms with Crippen LogP contribution in [0, 0.1) is 6.92 Å². The minimum Gasteiger partial charge on any atom is -0.350 e. The number of hydrogen-bond donors (Lipinski definition) is 2. The standard InChI is InChI=1S/C26H34N6O2/c1-18(2)28-25(33)21-9-10-23-22(15-21)29-24(30(23)4)17-31-11-13-32(14-12-31)26(34)27-16-20-7-5-19(3)6-8-20/h5-10,15,18H,11-14,16-17H2,1-4H3,(H,27,34)(H,28,33). The Bertz CT molecular complexity index is 1160. The average Bonchev–Trinajstić information content (AvgIpc) is 3.13. The van der Waals surface area contributed by atoms with Crippen molar-refractivity contribution in [2.24, 2.45) is 7.05 Å². The summed E-state index contributed by atoms with van der Waals surface area (Å²) >= 11 is 0. The Kier molecular flexibility index (Phi) is 7.17. The van der Waals surface area contributed by atoms with Gasteiger partial charge in [0, 0.05) is 51.4 Å². The lowest BCUT2D eigenvalue weighted by Crippen LogP contribution is -2.51. The van der Waals surface area contributed by atoms with Crippen LogP contribution in [0.1, 0.15) is 41.2 Å². The molecule has 8 nitrogen and oxygen atoms in total. The first-order valence-electron chi connectivity index (χ1n) is 11.9. The van der Waals surface area contributed by atoms with Gasteiger partial charge >= 0.3 is 6.03 Å². The van der Waals surface area contributed by atoms with Crippen molar-refractivity contribution in [1.29, 1.82) is 0 Å². The molecular formula is C26H34N6O2. The lowest BCUT2D eigenvalue weighted by Gasteiger charge is -2.34. The van der Waals surface area contributed by atoms with Gasteiger partial charge in [-0.15, -0.1) is 0 Å². The molecule has 1 aliphatic heterocycles. The molecule has 1 aliphatic rings. The zero-order chi connectivity index (χ0) is 24.2. The first-order valence-corrected chi connectivity index (χ1v) is 11.9. The first-order chi connectivity index (χ1) is 16.3. The van der Waals surface area contributed by atoms with E-state index in [-0.39, 0.29) is 18.0 Å². The summed E-state index contributed by atoms with van der Waals surface area (Å²) in [7, 11) is 2.01. The first kappa shape index (κ1) is 23.8. The van der Waals surface area contributed by atoms with Gasteiger partial charge in [0.25, 0.3) is 5.91 Å². The van der Waals surface area contributed by atoms with Crippen LogP contribution >= 0.6 is 0 Å². The number of nitrogens with zero attached hydrogens (tertiary/aromatic N) is 4. The number of fused-ring (bicyclic) bond motifs is 1. The Morgan fingerprint density at radius 1 is 1.03 bits per heavy atom. The Morgan fingerprint density at radius 3 is 2.41 bits per heavy atom. The Morgan fingerprint density at radius 2 is 1.74 bits per heavy atom. The number of carbonyl (C=O) groups excluding carboxylic acids is 2. The summed E-state index contributed by atoms with van der Waals surface area (Å²) in [6.45, 7) is 10.2. The van der Waals surface area contributed by atoms with Crippen LogP contribution in [-0.4, -0.2) is 63.5 Å². The number of benzene rings is 2. The van der Waals surface area contributed by atoms with Crippen LogP contribution in [-0.2, 0) is 20.1 Å². The molecule has 2 N–H and O–H groups in total. The molecule has 0 bridgehead atoms. The molecule has 8 heteroatoms. The smallest absolute Gasteiger partial charge is 0.317 e. The number of hydrogen-bond acceptors (Lipinski definition) is 4. The fraction of sp³-hybridized carbons (Fsp3) is 0.423. The fourth-order valence-electron chi connectivity index (χ4n) is 4.18. The van der Waals surface area contributed by atoms with Gasteiger partial charge in [-0.25, -0.2) is 9.78 Å². The van der Waals surface area contributed by atoms with Gasteiger partial charge in [0.05, 0.1) is 17.6 Å². The highest BCUT2D eigenvalue weighted by molar-refractivity contribution is 5.97. The van der Waals surface area contributed by atoms with E-state index in [0.29, 0.717) is 31.7 Å². The van der Waals surface area contributed by atoms with E-state index in [4.69, 9.17) is 4.98 Å².